The predicted octanol–water partition coefficient (Wildman–Crippen LogP) is 10.9. The van der Waals surface area contributed by atoms with Gasteiger partial charge < -0.3 is 0 Å². The molecule has 0 saturated heterocycles. The number of para-hydroxylation sites is 2. The Balaban J connectivity index is 0.00000179. The molecule has 5 heteroatoms. The van der Waals surface area contributed by atoms with Crippen molar-refractivity contribution in [2.75, 3.05) is 6.26 Å². The third kappa shape index (κ3) is 6.37. The molecule has 2 heterocycles. The summed E-state index contributed by atoms with van der Waals surface area (Å²) in [6, 6.07) is 63.1. The second-order valence-electron chi connectivity index (χ2n) is 11.2. The highest BCUT2D eigenvalue weighted by molar-refractivity contribution is 7.79. The zero-order valence-corrected chi connectivity index (χ0v) is 27.5. The lowest BCUT2D eigenvalue weighted by Gasteiger charge is -2.10. The minimum absolute atomic E-state index is 0.948. The highest BCUT2D eigenvalue weighted by Gasteiger charge is 2.15. The first-order chi connectivity index (χ1) is 23.8. The number of benzene rings is 6. The Bertz CT molecular complexity index is 2040. The van der Waals surface area contributed by atoms with E-state index < -0.39 is 0 Å². The van der Waals surface area contributed by atoms with Gasteiger partial charge in [0.15, 0.2) is 0 Å². The van der Waals surface area contributed by atoms with Crippen LogP contribution in [0.5, 0.6) is 0 Å². The largest absolute Gasteiger partial charge is 0.232 e. The fourth-order valence-electron chi connectivity index (χ4n) is 5.87. The molecule has 0 bridgehead atoms. The second-order valence-corrected chi connectivity index (χ2v) is 11.2. The highest BCUT2D eigenvalue weighted by atomic mass is 32.1. The molecule has 0 saturated carbocycles. The average molecular weight is 639 g/mol. The van der Waals surface area contributed by atoms with Crippen molar-refractivity contribution < 1.29 is 0 Å². The minimum atomic E-state index is 0.948. The van der Waals surface area contributed by atoms with Crippen LogP contribution in [0.2, 0.25) is 0 Å². The van der Waals surface area contributed by atoms with Gasteiger partial charge in [0, 0.05) is 22.3 Å². The summed E-state index contributed by atoms with van der Waals surface area (Å²) in [5, 5.41) is 10.0. The van der Waals surface area contributed by atoms with E-state index in [9.17, 15) is 0 Å². The first-order valence-corrected chi connectivity index (χ1v) is 16.8. The summed E-state index contributed by atoms with van der Waals surface area (Å²) in [5.41, 5.74) is 12.8. The Morgan fingerprint density at radius 3 is 0.958 bits per heavy atom. The lowest BCUT2D eigenvalue weighted by molar-refractivity contribution is 0.892. The van der Waals surface area contributed by atoms with Crippen LogP contribution < -0.4 is 0 Å². The molecule has 0 unspecified atom stereocenters. The number of hydrogen-bond acceptors (Lipinski definition) is 3. The molecule has 48 heavy (non-hydrogen) atoms. The Morgan fingerprint density at radius 2 is 0.625 bits per heavy atom. The summed E-state index contributed by atoms with van der Waals surface area (Å²) >= 11 is 3.53. The van der Waals surface area contributed by atoms with Gasteiger partial charge in [-0.1, -0.05) is 146 Å². The van der Waals surface area contributed by atoms with E-state index in [4.69, 9.17) is 10.2 Å². The van der Waals surface area contributed by atoms with Crippen LogP contribution in [0, 0.1) is 0 Å². The molecule has 0 amide bonds. The molecule has 8 aromatic rings. The van der Waals surface area contributed by atoms with Crippen molar-refractivity contribution in [1.82, 2.24) is 19.6 Å². The molecular formula is C43H34N4S. The normalized spacial score (nSPS) is 10.7. The maximum absolute atomic E-state index is 5.01. The predicted molar refractivity (Wildman–Crippen MR) is 203 cm³/mol. The Morgan fingerprint density at radius 1 is 0.333 bits per heavy atom. The van der Waals surface area contributed by atoms with E-state index in [1.807, 2.05) is 82.2 Å². The summed E-state index contributed by atoms with van der Waals surface area (Å²) in [7, 11) is 0. The van der Waals surface area contributed by atoms with Crippen LogP contribution in [0.15, 0.2) is 182 Å². The quantitative estimate of drug-likeness (QED) is 0.176. The lowest BCUT2D eigenvalue weighted by atomic mass is 10.00. The number of thiol groups is 1. The summed E-state index contributed by atoms with van der Waals surface area (Å²) in [4.78, 5) is 0. The number of hydrogen-bond donors (Lipinski definition) is 1. The average Bonchev–Trinajstić information content (AvgIpc) is 3.84. The van der Waals surface area contributed by atoms with Gasteiger partial charge in [-0.25, -0.2) is 9.36 Å². The van der Waals surface area contributed by atoms with Gasteiger partial charge in [0.1, 0.15) is 0 Å². The Kier molecular flexibility index (Phi) is 9.12. The zero-order chi connectivity index (χ0) is 32.7. The van der Waals surface area contributed by atoms with E-state index in [1.165, 1.54) is 0 Å². The van der Waals surface area contributed by atoms with E-state index in [1.54, 1.807) is 6.26 Å². The molecule has 0 aliphatic heterocycles. The molecule has 0 atom stereocenters. The van der Waals surface area contributed by atoms with Gasteiger partial charge in [0.05, 0.1) is 34.2 Å². The molecular weight excluding hydrogens is 605 g/mol. The topological polar surface area (TPSA) is 35.6 Å². The summed E-state index contributed by atoms with van der Waals surface area (Å²) in [5.74, 6) is 0. The fourth-order valence-corrected chi connectivity index (χ4v) is 5.87. The number of nitrogens with zero attached hydrogens (tertiary/aromatic N) is 4. The van der Waals surface area contributed by atoms with Crippen molar-refractivity contribution in [1.29, 1.82) is 0 Å². The molecule has 6 aromatic carbocycles. The molecule has 0 spiro atoms. The fraction of sp³-hybridized carbons (Fsp3) is 0.0233. The van der Waals surface area contributed by atoms with E-state index in [2.05, 4.69) is 122 Å². The van der Waals surface area contributed by atoms with E-state index in [-0.39, 0.29) is 0 Å². The molecule has 0 radical (unpaired) electrons. The highest BCUT2D eigenvalue weighted by Crippen LogP contribution is 2.33. The summed E-state index contributed by atoms with van der Waals surface area (Å²) in [6.45, 7) is 0. The standard InChI is InChI=1S/C42H30N4.CH4S/c1-5-13-33(14-6-1)39-29-41(45(43-39)37-17-9-3-10-18-37)35-25-21-31(22-26-35)32-23-27-36(28-24-32)42-30-40(34-15-7-2-8-16-34)44-46(42)38-19-11-4-12-20-38;1-2/h1-30H;2H,1H3. The molecule has 0 aliphatic rings. The molecule has 0 aliphatic carbocycles. The van der Waals surface area contributed by atoms with Gasteiger partial charge in [0.25, 0.3) is 0 Å². The number of aromatic nitrogens is 4. The smallest absolute Gasteiger partial charge is 0.0934 e. The van der Waals surface area contributed by atoms with Crippen LogP contribution >= 0.6 is 12.6 Å². The van der Waals surface area contributed by atoms with Crippen LogP contribution in [-0.2, 0) is 0 Å². The van der Waals surface area contributed by atoms with Gasteiger partial charge >= 0.3 is 0 Å². The van der Waals surface area contributed by atoms with Crippen molar-refractivity contribution in [3.63, 3.8) is 0 Å². The molecule has 0 N–H and O–H groups in total. The SMILES string of the molecule is CS.c1ccc(-c2cc(-c3ccc(-c4ccc(-c5cc(-c6ccccc6)nn5-c5ccccc5)cc4)cc3)n(-c3ccccc3)n2)cc1. The van der Waals surface area contributed by atoms with E-state index in [0.717, 1.165) is 67.5 Å². The third-order valence-corrected chi connectivity index (χ3v) is 8.25. The first-order valence-electron chi connectivity index (χ1n) is 15.9. The van der Waals surface area contributed by atoms with Gasteiger partial charge in [-0.2, -0.15) is 22.8 Å². The third-order valence-electron chi connectivity index (χ3n) is 8.25. The first kappa shape index (κ1) is 30.7. The van der Waals surface area contributed by atoms with Crippen LogP contribution in [0.4, 0.5) is 0 Å². The van der Waals surface area contributed by atoms with E-state index >= 15 is 0 Å². The van der Waals surface area contributed by atoms with E-state index in [0.29, 0.717) is 0 Å². The van der Waals surface area contributed by atoms with Crippen LogP contribution in [0.25, 0.3) is 67.5 Å². The van der Waals surface area contributed by atoms with Crippen molar-refractivity contribution in [2.24, 2.45) is 0 Å². The maximum Gasteiger partial charge on any atom is 0.0934 e. The monoisotopic (exact) mass is 638 g/mol. The second kappa shape index (κ2) is 14.2. The van der Waals surface area contributed by atoms with Crippen molar-refractivity contribution in [2.45, 2.75) is 0 Å². The molecule has 2 aromatic heterocycles. The zero-order valence-electron chi connectivity index (χ0n) is 26.6. The molecule has 8 rings (SSSR count). The molecule has 0 fully saturated rings. The van der Waals surface area contributed by atoms with Gasteiger partial charge in [-0.3, -0.25) is 0 Å². The van der Waals surface area contributed by atoms with Gasteiger partial charge in [-0.15, -0.1) is 0 Å². The minimum Gasteiger partial charge on any atom is -0.232 e. The van der Waals surface area contributed by atoms with Crippen molar-refractivity contribution >= 4 is 12.6 Å². The Hall–Kier alpha value is -5.91. The summed E-state index contributed by atoms with van der Waals surface area (Å²) < 4.78 is 4.07. The maximum atomic E-state index is 5.01. The van der Waals surface area contributed by atoms with Gasteiger partial charge in [-0.05, 0) is 53.8 Å². The van der Waals surface area contributed by atoms with Crippen LogP contribution in [0.3, 0.4) is 0 Å². The molecule has 232 valence electrons. The van der Waals surface area contributed by atoms with Crippen molar-refractivity contribution in [3.05, 3.63) is 182 Å². The lowest BCUT2D eigenvalue weighted by Crippen LogP contribution is -1.99. The van der Waals surface area contributed by atoms with Gasteiger partial charge in [0.2, 0.25) is 0 Å². The Labute approximate surface area is 287 Å². The summed E-state index contributed by atoms with van der Waals surface area (Å²) in [6.07, 6.45) is 1.69. The van der Waals surface area contributed by atoms with Crippen LogP contribution in [-0.4, -0.2) is 25.8 Å². The number of rotatable bonds is 7. The van der Waals surface area contributed by atoms with Crippen molar-refractivity contribution in [3.8, 4) is 67.5 Å². The van der Waals surface area contributed by atoms with Crippen LogP contribution in [0.1, 0.15) is 0 Å². The molecule has 4 nitrogen and oxygen atoms in total.